The van der Waals surface area contributed by atoms with Gasteiger partial charge in [0.25, 0.3) is 5.89 Å². The Balaban J connectivity index is 1.55. The van der Waals surface area contributed by atoms with Crippen molar-refractivity contribution in [3.8, 4) is 0 Å². The van der Waals surface area contributed by atoms with Gasteiger partial charge >= 0.3 is 5.97 Å². The molecule has 2 heterocycles. The van der Waals surface area contributed by atoms with E-state index in [1.165, 1.54) is 0 Å². The topological polar surface area (TPSA) is 85.5 Å². The summed E-state index contributed by atoms with van der Waals surface area (Å²) >= 11 is 0. The molecule has 0 N–H and O–H groups in total. The molecule has 0 bridgehead atoms. The number of aryl methyl sites for hydroxylation is 1. The Kier molecular flexibility index (Phi) is 4.36. The van der Waals surface area contributed by atoms with Crippen LogP contribution >= 0.6 is 0 Å². The smallest absolute Gasteiger partial charge is 0.338 e. The highest BCUT2D eigenvalue weighted by Crippen LogP contribution is 2.15. The van der Waals surface area contributed by atoms with Gasteiger partial charge in [0.05, 0.1) is 5.56 Å². The summed E-state index contributed by atoms with van der Waals surface area (Å²) in [5.74, 6) is 0.491. The van der Waals surface area contributed by atoms with Crippen LogP contribution in [0, 0.1) is 6.92 Å². The molecule has 1 aliphatic heterocycles. The first-order valence-corrected chi connectivity index (χ1v) is 7.45. The molecule has 120 valence electrons. The monoisotopic (exact) mass is 315 g/mol. The first kappa shape index (κ1) is 15.2. The molecule has 2 aromatic rings. The van der Waals surface area contributed by atoms with Crippen LogP contribution in [0.5, 0.6) is 0 Å². The molecular weight excluding hydrogens is 298 g/mol. The van der Waals surface area contributed by atoms with Crippen LogP contribution in [0.2, 0.25) is 0 Å². The molecule has 1 amide bonds. The molecule has 0 unspecified atom stereocenters. The standard InChI is InChI=1S/C16H17N3O4/c1-11-17-14(23-18-11)10-22-16(21)13-6-4-12(5-7-13)9-19-8-2-3-15(19)20/h4-7H,2-3,8-10H2,1H3. The summed E-state index contributed by atoms with van der Waals surface area (Å²) in [4.78, 5) is 29.4. The van der Waals surface area contributed by atoms with Gasteiger partial charge in [0.1, 0.15) is 0 Å². The van der Waals surface area contributed by atoms with Crippen LogP contribution in [0.1, 0.15) is 40.5 Å². The summed E-state index contributed by atoms with van der Waals surface area (Å²) in [7, 11) is 0. The molecule has 23 heavy (non-hydrogen) atoms. The molecule has 1 aliphatic rings. The number of benzene rings is 1. The van der Waals surface area contributed by atoms with Crippen LogP contribution in [0.4, 0.5) is 0 Å². The van der Waals surface area contributed by atoms with Gasteiger partial charge in [-0.25, -0.2) is 4.79 Å². The molecular formula is C16H17N3O4. The highest BCUT2D eigenvalue weighted by molar-refractivity contribution is 5.89. The van der Waals surface area contributed by atoms with Crippen molar-refractivity contribution in [1.82, 2.24) is 15.0 Å². The fourth-order valence-corrected chi connectivity index (χ4v) is 2.45. The van der Waals surface area contributed by atoms with Crippen molar-refractivity contribution >= 4 is 11.9 Å². The quantitative estimate of drug-likeness (QED) is 0.783. The third-order valence-electron chi connectivity index (χ3n) is 3.63. The van der Waals surface area contributed by atoms with Gasteiger partial charge in [0.2, 0.25) is 5.91 Å². The Morgan fingerprint density at radius 3 is 2.74 bits per heavy atom. The van der Waals surface area contributed by atoms with E-state index in [4.69, 9.17) is 9.26 Å². The predicted molar refractivity (Wildman–Crippen MR) is 79.2 cm³/mol. The molecule has 7 nitrogen and oxygen atoms in total. The van der Waals surface area contributed by atoms with E-state index in [-0.39, 0.29) is 18.4 Å². The number of carbonyl (C=O) groups is 2. The second-order valence-electron chi connectivity index (χ2n) is 5.43. The van der Waals surface area contributed by atoms with Crippen LogP contribution < -0.4 is 0 Å². The summed E-state index contributed by atoms with van der Waals surface area (Å²) < 4.78 is 10.00. The highest BCUT2D eigenvalue weighted by Gasteiger charge is 2.20. The normalized spacial score (nSPS) is 14.3. The molecule has 1 aromatic heterocycles. The number of hydrogen-bond acceptors (Lipinski definition) is 6. The van der Waals surface area contributed by atoms with E-state index >= 15 is 0 Å². The number of hydrogen-bond donors (Lipinski definition) is 0. The van der Waals surface area contributed by atoms with Gasteiger partial charge in [0, 0.05) is 19.5 Å². The summed E-state index contributed by atoms with van der Waals surface area (Å²) in [6.45, 7) is 3.02. The number of ether oxygens (including phenoxy) is 1. The first-order chi connectivity index (χ1) is 11.1. The second kappa shape index (κ2) is 6.60. The Morgan fingerprint density at radius 2 is 2.13 bits per heavy atom. The average Bonchev–Trinajstić information content (AvgIpc) is 3.14. The molecule has 0 radical (unpaired) electrons. The van der Waals surface area contributed by atoms with Crippen molar-refractivity contribution in [2.45, 2.75) is 32.9 Å². The zero-order valence-electron chi connectivity index (χ0n) is 12.8. The fraction of sp³-hybridized carbons (Fsp3) is 0.375. The number of aromatic nitrogens is 2. The van der Waals surface area contributed by atoms with E-state index in [0.717, 1.165) is 18.5 Å². The zero-order valence-corrected chi connectivity index (χ0v) is 12.8. The van der Waals surface area contributed by atoms with Crippen LogP contribution in [-0.4, -0.2) is 33.5 Å². The Labute approximate surface area is 133 Å². The largest absolute Gasteiger partial charge is 0.452 e. The number of likely N-dealkylation sites (tertiary alicyclic amines) is 1. The lowest BCUT2D eigenvalue weighted by molar-refractivity contribution is -0.128. The van der Waals surface area contributed by atoms with Crippen molar-refractivity contribution in [1.29, 1.82) is 0 Å². The van der Waals surface area contributed by atoms with Gasteiger partial charge in [-0.1, -0.05) is 17.3 Å². The molecule has 0 atom stereocenters. The van der Waals surface area contributed by atoms with Crippen LogP contribution in [0.25, 0.3) is 0 Å². The van der Waals surface area contributed by atoms with Crippen molar-refractivity contribution in [2.75, 3.05) is 6.54 Å². The Bertz CT molecular complexity index is 708. The third kappa shape index (κ3) is 3.74. The van der Waals surface area contributed by atoms with Gasteiger partial charge < -0.3 is 14.2 Å². The highest BCUT2D eigenvalue weighted by atomic mass is 16.6. The fourth-order valence-electron chi connectivity index (χ4n) is 2.45. The number of carbonyl (C=O) groups excluding carboxylic acids is 2. The maximum atomic E-state index is 12.0. The molecule has 1 aromatic carbocycles. The lowest BCUT2D eigenvalue weighted by Crippen LogP contribution is -2.23. The number of nitrogens with zero attached hydrogens (tertiary/aromatic N) is 3. The lowest BCUT2D eigenvalue weighted by atomic mass is 10.1. The van der Waals surface area contributed by atoms with E-state index in [1.54, 1.807) is 19.1 Å². The second-order valence-corrected chi connectivity index (χ2v) is 5.43. The minimum Gasteiger partial charge on any atom is -0.452 e. The maximum absolute atomic E-state index is 12.0. The van der Waals surface area contributed by atoms with E-state index in [2.05, 4.69) is 10.1 Å². The summed E-state index contributed by atoms with van der Waals surface area (Å²) in [5, 5.41) is 3.62. The molecule has 0 aliphatic carbocycles. The van der Waals surface area contributed by atoms with Crippen LogP contribution in [-0.2, 0) is 22.7 Å². The van der Waals surface area contributed by atoms with Crippen LogP contribution in [0.3, 0.4) is 0 Å². The van der Waals surface area contributed by atoms with Gasteiger partial charge in [0.15, 0.2) is 12.4 Å². The number of amides is 1. The first-order valence-electron chi connectivity index (χ1n) is 7.45. The average molecular weight is 315 g/mol. The molecule has 7 heteroatoms. The van der Waals surface area contributed by atoms with Gasteiger partial charge in [-0.05, 0) is 31.0 Å². The molecule has 3 rings (SSSR count). The molecule has 0 spiro atoms. The van der Waals surface area contributed by atoms with E-state index < -0.39 is 5.97 Å². The molecule has 1 fully saturated rings. The van der Waals surface area contributed by atoms with E-state index in [9.17, 15) is 9.59 Å². The number of rotatable bonds is 5. The van der Waals surface area contributed by atoms with E-state index in [0.29, 0.717) is 24.4 Å². The van der Waals surface area contributed by atoms with E-state index in [1.807, 2.05) is 17.0 Å². The summed E-state index contributed by atoms with van der Waals surface area (Å²) in [6, 6.07) is 7.05. The zero-order chi connectivity index (χ0) is 16.2. The lowest BCUT2D eigenvalue weighted by Gasteiger charge is -2.15. The van der Waals surface area contributed by atoms with Crippen LogP contribution in [0.15, 0.2) is 28.8 Å². The van der Waals surface area contributed by atoms with Gasteiger partial charge in [-0.2, -0.15) is 4.98 Å². The maximum Gasteiger partial charge on any atom is 0.338 e. The molecule has 1 saturated heterocycles. The van der Waals surface area contributed by atoms with Gasteiger partial charge in [-0.3, -0.25) is 4.79 Å². The minimum atomic E-state index is -0.454. The third-order valence-corrected chi connectivity index (χ3v) is 3.63. The minimum absolute atomic E-state index is 0.0519. The SMILES string of the molecule is Cc1noc(COC(=O)c2ccc(CN3CCCC3=O)cc2)n1. The summed E-state index contributed by atoms with van der Waals surface area (Å²) in [6.07, 6.45) is 1.54. The molecule has 0 saturated carbocycles. The van der Waals surface area contributed by atoms with Crippen molar-refractivity contribution in [3.05, 3.63) is 47.1 Å². The van der Waals surface area contributed by atoms with Crippen molar-refractivity contribution in [2.24, 2.45) is 0 Å². The van der Waals surface area contributed by atoms with Crippen molar-refractivity contribution < 1.29 is 18.8 Å². The summed E-state index contributed by atoms with van der Waals surface area (Å²) in [5.41, 5.74) is 1.43. The number of esters is 1. The Morgan fingerprint density at radius 1 is 1.35 bits per heavy atom. The van der Waals surface area contributed by atoms with Crippen molar-refractivity contribution in [3.63, 3.8) is 0 Å². The van der Waals surface area contributed by atoms with Gasteiger partial charge in [-0.15, -0.1) is 0 Å². The Hall–Kier alpha value is -2.70. The predicted octanol–water partition coefficient (Wildman–Crippen LogP) is 1.86.